The predicted octanol–water partition coefficient (Wildman–Crippen LogP) is 4.47. The molecule has 0 aliphatic carbocycles. The highest BCUT2D eigenvalue weighted by atomic mass is 15.3. The van der Waals surface area contributed by atoms with Crippen molar-refractivity contribution in [1.29, 1.82) is 0 Å². The molecule has 6 nitrogen and oxygen atoms in total. The Morgan fingerprint density at radius 1 is 0.706 bits per heavy atom. The summed E-state index contributed by atoms with van der Waals surface area (Å²) in [6.07, 6.45) is 9.25. The summed E-state index contributed by atoms with van der Waals surface area (Å²) in [7, 11) is 8.54. The topological polar surface area (TPSA) is 38.7 Å². The van der Waals surface area contributed by atoms with Gasteiger partial charge in [-0.15, -0.1) is 0 Å². The summed E-state index contributed by atoms with van der Waals surface area (Å²) in [5.74, 6) is 0. The van der Waals surface area contributed by atoms with Crippen LogP contribution in [-0.2, 0) is 13.1 Å². The van der Waals surface area contributed by atoms with Crippen LogP contribution in [0.4, 0.5) is 11.4 Å². The number of anilines is 2. The van der Waals surface area contributed by atoms with Crippen LogP contribution in [0.15, 0.2) is 12.4 Å². The van der Waals surface area contributed by atoms with Gasteiger partial charge in [0.15, 0.2) is 0 Å². The summed E-state index contributed by atoms with van der Waals surface area (Å²) in [6, 6.07) is 1.21. The quantitative estimate of drug-likeness (QED) is 0.602. The van der Waals surface area contributed by atoms with Crippen molar-refractivity contribution >= 4 is 11.4 Å². The molecule has 2 atom stereocenters. The lowest BCUT2D eigenvalue weighted by Crippen LogP contribution is -2.45. The van der Waals surface area contributed by atoms with E-state index >= 15 is 0 Å². The van der Waals surface area contributed by atoms with E-state index in [1.54, 1.807) is 0 Å². The van der Waals surface area contributed by atoms with Crippen molar-refractivity contribution in [3.63, 3.8) is 0 Å². The second-order valence-electron chi connectivity index (χ2n) is 10.9. The molecular formula is C28H44N6. The van der Waals surface area contributed by atoms with E-state index in [0.717, 1.165) is 13.1 Å². The molecular weight excluding hydrogens is 420 g/mol. The van der Waals surface area contributed by atoms with Crippen LogP contribution in [0.1, 0.15) is 59.3 Å². The van der Waals surface area contributed by atoms with Gasteiger partial charge in [-0.2, -0.15) is 0 Å². The van der Waals surface area contributed by atoms with Crippen molar-refractivity contribution in [2.45, 2.75) is 78.6 Å². The van der Waals surface area contributed by atoms with Gasteiger partial charge in [0.1, 0.15) is 0 Å². The molecule has 0 bridgehead atoms. The number of likely N-dealkylation sites (tertiary alicyclic amines) is 2. The molecule has 2 saturated heterocycles. The molecule has 4 rings (SSSR count). The molecule has 4 heterocycles. The molecule has 186 valence electrons. The fourth-order valence-electron chi connectivity index (χ4n) is 6.58. The van der Waals surface area contributed by atoms with Crippen LogP contribution >= 0.6 is 0 Å². The van der Waals surface area contributed by atoms with E-state index in [1.165, 1.54) is 83.8 Å². The van der Waals surface area contributed by atoms with Crippen LogP contribution in [0, 0.1) is 27.7 Å². The third kappa shape index (κ3) is 4.80. The molecule has 2 fully saturated rings. The molecule has 2 aromatic rings. The third-order valence-corrected chi connectivity index (χ3v) is 8.02. The van der Waals surface area contributed by atoms with Crippen molar-refractivity contribution in [3.05, 3.63) is 46.0 Å². The summed E-state index contributed by atoms with van der Waals surface area (Å²) in [5, 5.41) is 0. The number of nitrogens with zero attached hydrogens (tertiary/aromatic N) is 6. The van der Waals surface area contributed by atoms with Crippen molar-refractivity contribution in [1.82, 2.24) is 19.8 Å². The van der Waals surface area contributed by atoms with E-state index in [2.05, 4.69) is 87.9 Å². The van der Waals surface area contributed by atoms with Crippen LogP contribution < -0.4 is 9.80 Å². The van der Waals surface area contributed by atoms with Gasteiger partial charge in [-0.3, -0.25) is 19.8 Å². The van der Waals surface area contributed by atoms with Gasteiger partial charge in [0, 0.05) is 77.1 Å². The van der Waals surface area contributed by atoms with E-state index in [0.29, 0.717) is 12.1 Å². The molecule has 2 aromatic heterocycles. The van der Waals surface area contributed by atoms with Crippen LogP contribution in [0.3, 0.4) is 0 Å². The highest BCUT2D eigenvalue weighted by Crippen LogP contribution is 2.34. The molecule has 34 heavy (non-hydrogen) atoms. The van der Waals surface area contributed by atoms with E-state index in [9.17, 15) is 0 Å². The SMILES string of the molecule is Cc1cnc(CN2CCC[C@H]2[C@@H]2CCCN2Cc2ncc(C)c(N(C)C)c2C)c(C)c1N(C)C. The fourth-order valence-corrected chi connectivity index (χ4v) is 6.58. The molecule has 0 aromatic carbocycles. The van der Waals surface area contributed by atoms with Gasteiger partial charge in [-0.1, -0.05) is 0 Å². The molecule has 0 unspecified atom stereocenters. The Labute approximate surface area is 207 Å². The van der Waals surface area contributed by atoms with E-state index in [1.807, 2.05) is 0 Å². The van der Waals surface area contributed by atoms with Gasteiger partial charge in [-0.25, -0.2) is 0 Å². The van der Waals surface area contributed by atoms with Crippen LogP contribution in [0.5, 0.6) is 0 Å². The third-order valence-electron chi connectivity index (χ3n) is 8.02. The lowest BCUT2D eigenvalue weighted by atomic mass is 10.0. The zero-order valence-electron chi connectivity index (χ0n) is 22.6. The van der Waals surface area contributed by atoms with Gasteiger partial charge in [-0.05, 0) is 88.7 Å². The zero-order chi connectivity index (χ0) is 24.6. The summed E-state index contributed by atoms with van der Waals surface area (Å²) in [5.41, 5.74) is 10.3. The number of pyridine rings is 2. The maximum Gasteiger partial charge on any atom is 0.0594 e. The van der Waals surface area contributed by atoms with Gasteiger partial charge >= 0.3 is 0 Å². The largest absolute Gasteiger partial charge is 0.377 e. The zero-order valence-corrected chi connectivity index (χ0v) is 22.6. The predicted molar refractivity (Wildman–Crippen MR) is 143 cm³/mol. The Kier molecular flexibility index (Phi) is 7.48. The number of rotatable bonds is 7. The first kappa shape index (κ1) is 24.9. The van der Waals surface area contributed by atoms with Gasteiger partial charge in [0.25, 0.3) is 0 Å². The van der Waals surface area contributed by atoms with Crippen molar-refractivity contribution in [2.24, 2.45) is 0 Å². The van der Waals surface area contributed by atoms with Gasteiger partial charge < -0.3 is 9.80 Å². The fraction of sp³-hybridized carbons (Fsp3) is 0.643. The lowest BCUT2D eigenvalue weighted by Gasteiger charge is -2.35. The summed E-state index contributed by atoms with van der Waals surface area (Å²) < 4.78 is 0. The minimum absolute atomic E-state index is 0.604. The molecule has 2 aliphatic rings. The first-order chi connectivity index (χ1) is 16.2. The van der Waals surface area contributed by atoms with Crippen LogP contribution in [-0.4, -0.2) is 73.1 Å². The summed E-state index contributed by atoms with van der Waals surface area (Å²) in [6.45, 7) is 13.1. The molecule has 2 aliphatic heterocycles. The number of hydrogen-bond donors (Lipinski definition) is 0. The highest BCUT2D eigenvalue weighted by molar-refractivity contribution is 5.59. The average Bonchev–Trinajstić information content (AvgIpc) is 3.40. The minimum Gasteiger partial charge on any atom is -0.377 e. The minimum atomic E-state index is 0.604. The van der Waals surface area contributed by atoms with Crippen molar-refractivity contribution in [2.75, 3.05) is 51.1 Å². The Balaban J connectivity index is 1.53. The Bertz CT molecular complexity index is 933. The number of aryl methyl sites for hydroxylation is 2. The molecule has 0 radical (unpaired) electrons. The molecule has 0 spiro atoms. The van der Waals surface area contributed by atoms with Crippen molar-refractivity contribution < 1.29 is 0 Å². The van der Waals surface area contributed by atoms with E-state index < -0.39 is 0 Å². The normalized spacial score (nSPS) is 21.4. The number of aromatic nitrogens is 2. The summed E-state index contributed by atoms with van der Waals surface area (Å²) in [4.78, 5) is 19.7. The smallest absolute Gasteiger partial charge is 0.0594 e. The first-order valence-corrected chi connectivity index (χ1v) is 12.9. The maximum absolute atomic E-state index is 4.88. The Morgan fingerprint density at radius 2 is 1.09 bits per heavy atom. The molecule has 0 saturated carbocycles. The van der Waals surface area contributed by atoms with Gasteiger partial charge in [0.2, 0.25) is 0 Å². The molecule has 0 N–H and O–H groups in total. The Hall–Kier alpha value is -2.18. The monoisotopic (exact) mass is 464 g/mol. The van der Waals surface area contributed by atoms with E-state index in [4.69, 9.17) is 9.97 Å². The molecule has 6 heteroatoms. The Morgan fingerprint density at radius 3 is 1.44 bits per heavy atom. The van der Waals surface area contributed by atoms with E-state index in [-0.39, 0.29) is 0 Å². The highest BCUT2D eigenvalue weighted by Gasteiger charge is 2.38. The average molecular weight is 465 g/mol. The summed E-state index contributed by atoms with van der Waals surface area (Å²) >= 11 is 0. The molecule has 0 amide bonds. The first-order valence-electron chi connectivity index (χ1n) is 12.9. The van der Waals surface area contributed by atoms with Crippen LogP contribution in [0.2, 0.25) is 0 Å². The van der Waals surface area contributed by atoms with Crippen LogP contribution in [0.25, 0.3) is 0 Å². The van der Waals surface area contributed by atoms with Gasteiger partial charge in [0.05, 0.1) is 11.4 Å². The lowest BCUT2D eigenvalue weighted by molar-refractivity contribution is 0.122. The van der Waals surface area contributed by atoms with Crippen molar-refractivity contribution in [3.8, 4) is 0 Å². The standard InChI is InChI=1S/C28H44N6/c1-19-15-29-23(21(3)27(19)31(5)6)17-33-13-9-11-25(33)26-12-10-14-34(26)18-24-22(4)28(32(7)8)20(2)16-30-24/h15-16,25-26H,9-14,17-18H2,1-8H3/t25-,26-/m0/s1. The number of hydrogen-bond acceptors (Lipinski definition) is 6. The second kappa shape index (κ2) is 10.2. The maximum atomic E-state index is 4.88. The second-order valence-corrected chi connectivity index (χ2v) is 10.9.